The molecule has 0 aromatic heterocycles. The molecular formula is C18H14F2O3. The van der Waals surface area contributed by atoms with Gasteiger partial charge in [0.05, 0.1) is 11.1 Å². The van der Waals surface area contributed by atoms with Gasteiger partial charge in [0.2, 0.25) is 5.78 Å². The lowest BCUT2D eigenvalue weighted by atomic mass is 10.1. The number of carbonyl (C=O) groups is 1. The zero-order valence-corrected chi connectivity index (χ0v) is 12.7. The summed E-state index contributed by atoms with van der Waals surface area (Å²) in [6, 6.07) is 8.35. The predicted molar refractivity (Wildman–Crippen MR) is 80.5 cm³/mol. The Bertz CT molecular complexity index is 801. The molecule has 0 aliphatic carbocycles. The van der Waals surface area contributed by atoms with Crippen LogP contribution >= 0.6 is 0 Å². The molecule has 0 bridgehead atoms. The van der Waals surface area contributed by atoms with Crippen LogP contribution in [0.1, 0.15) is 29.8 Å². The van der Waals surface area contributed by atoms with E-state index < -0.39 is 11.6 Å². The first-order chi connectivity index (χ1) is 11.0. The Morgan fingerprint density at radius 1 is 1.13 bits per heavy atom. The summed E-state index contributed by atoms with van der Waals surface area (Å²) < 4.78 is 38.1. The summed E-state index contributed by atoms with van der Waals surface area (Å²) in [6.07, 6.45) is 0. The minimum atomic E-state index is -0.663. The van der Waals surface area contributed by atoms with Gasteiger partial charge in [0, 0.05) is 6.07 Å². The third kappa shape index (κ3) is 2.82. The summed E-state index contributed by atoms with van der Waals surface area (Å²) in [7, 11) is 0. The van der Waals surface area contributed by atoms with Gasteiger partial charge >= 0.3 is 0 Å². The molecule has 0 saturated heterocycles. The van der Waals surface area contributed by atoms with Gasteiger partial charge in [-0.25, -0.2) is 8.78 Å². The molecule has 1 heterocycles. The smallest absolute Gasteiger partial charge is 0.231 e. The van der Waals surface area contributed by atoms with E-state index in [2.05, 4.69) is 0 Å². The monoisotopic (exact) mass is 316 g/mol. The van der Waals surface area contributed by atoms with Crippen molar-refractivity contribution < 1.29 is 23.0 Å². The standard InChI is InChI=1S/C18H14F2O3/c1-10(2)18-17(21)12-7-6-11(8-16(12)23-18)22-9-13-14(19)4-3-5-15(13)20/h3-8H,9H2,1-2H3. The van der Waals surface area contributed by atoms with E-state index >= 15 is 0 Å². The molecule has 0 radical (unpaired) electrons. The van der Waals surface area contributed by atoms with E-state index in [1.54, 1.807) is 32.0 Å². The van der Waals surface area contributed by atoms with Crippen molar-refractivity contribution in [2.75, 3.05) is 0 Å². The average molecular weight is 316 g/mol. The summed E-state index contributed by atoms with van der Waals surface area (Å²) in [4.78, 5) is 12.1. The molecule has 23 heavy (non-hydrogen) atoms. The van der Waals surface area contributed by atoms with Gasteiger partial charge in [-0.2, -0.15) is 0 Å². The fourth-order valence-electron chi connectivity index (χ4n) is 2.30. The Kier molecular flexibility index (Phi) is 3.86. The van der Waals surface area contributed by atoms with Crippen LogP contribution in [-0.4, -0.2) is 5.78 Å². The van der Waals surface area contributed by atoms with Crippen LogP contribution in [0.15, 0.2) is 47.7 Å². The molecule has 118 valence electrons. The largest absolute Gasteiger partial charge is 0.489 e. The number of ether oxygens (including phenoxy) is 2. The van der Waals surface area contributed by atoms with Crippen molar-refractivity contribution in [3.63, 3.8) is 0 Å². The summed E-state index contributed by atoms with van der Waals surface area (Å²) in [6.45, 7) is 3.33. The fraction of sp³-hybridized carbons (Fsp3) is 0.167. The molecule has 0 atom stereocenters. The topological polar surface area (TPSA) is 35.5 Å². The number of Topliss-reactive ketones (excluding diaryl/α,β-unsaturated/α-hetero) is 1. The Labute approximate surface area is 132 Å². The number of benzene rings is 2. The summed E-state index contributed by atoms with van der Waals surface area (Å²) in [5, 5.41) is 0. The molecule has 1 aliphatic rings. The highest BCUT2D eigenvalue weighted by molar-refractivity contribution is 6.12. The van der Waals surface area contributed by atoms with Gasteiger partial charge in [-0.1, -0.05) is 6.07 Å². The van der Waals surface area contributed by atoms with Gasteiger partial charge in [-0.05, 0) is 43.7 Å². The fourth-order valence-corrected chi connectivity index (χ4v) is 2.30. The van der Waals surface area contributed by atoms with Gasteiger partial charge in [-0.15, -0.1) is 0 Å². The van der Waals surface area contributed by atoms with Crippen molar-refractivity contribution >= 4 is 5.78 Å². The lowest BCUT2D eigenvalue weighted by molar-refractivity contribution is 0.101. The number of hydrogen-bond donors (Lipinski definition) is 0. The minimum absolute atomic E-state index is 0.144. The molecule has 3 nitrogen and oxygen atoms in total. The van der Waals surface area contributed by atoms with Crippen LogP contribution in [0.4, 0.5) is 8.78 Å². The molecule has 0 fully saturated rings. The highest BCUT2D eigenvalue weighted by Crippen LogP contribution is 2.35. The van der Waals surface area contributed by atoms with E-state index in [-0.39, 0.29) is 18.0 Å². The van der Waals surface area contributed by atoms with Crippen LogP contribution in [0.25, 0.3) is 0 Å². The second-order valence-electron chi connectivity index (χ2n) is 5.41. The molecule has 0 amide bonds. The molecule has 2 aromatic rings. The maximum Gasteiger partial charge on any atom is 0.231 e. The quantitative estimate of drug-likeness (QED) is 0.787. The lowest BCUT2D eigenvalue weighted by Gasteiger charge is -2.09. The number of ketones is 1. The normalized spacial score (nSPS) is 12.9. The number of hydrogen-bond acceptors (Lipinski definition) is 3. The predicted octanol–water partition coefficient (Wildman–Crippen LogP) is 4.41. The van der Waals surface area contributed by atoms with E-state index in [0.29, 0.717) is 22.8 Å². The first kappa shape index (κ1) is 15.2. The molecule has 3 rings (SSSR count). The van der Waals surface area contributed by atoms with Gasteiger partial charge in [0.15, 0.2) is 5.76 Å². The molecule has 0 unspecified atom stereocenters. The number of fused-ring (bicyclic) bond motifs is 1. The van der Waals surface area contributed by atoms with Crippen molar-refractivity contribution in [2.24, 2.45) is 0 Å². The SMILES string of the molecule is CC(C)=C1Oc2cc(OCc3c(F)cccc3F)ccc2C1=O. The van der Waals surface area contributed by atoms with E-state index in [1.165, 1.54) is 18.2 Å². The van der Waals surface area contributed by atoms with Crippen LogP contribution < -0.4 is 9.47 Å². The van der Waals surface area contributed by atoms with Crippen molar-refractivity contribution in [3.8, 4) is 11.5 Å². The zero-order chi connectivity index (χ0) is 16.6. The maximum atomic E-state index is 13.6. The highest BCUT2D eigenvalue weighted by atomic mass is 19.1. The number of allylic oxidation sites excluding steroid dienone is 2. The van der Waals surface area contributed by atoms with Gasteiger partial charge < -0.3 is 9.47 Å². The van der Waals surface area contributed by atoms with Gasteiger partial charge in [0.25, 0.3) is 0 Å². The van der Waals surface area contributed by atoms with Gasteiger partial charge in [0.1, 0.15) is 29.7 Å². The average Bonchev–Trinajstić information content (AvgIpc) is 2.84. The highest BCUT2D eigenvalue weighted by Gasteiger charge is 2.28. The van der Waals surface area contributed by atoms with E-state index in [0.717, 1.165) is 5.57 Å². The first-order valence-corrected chi connectivity index (χ1v) is 7.07. The molecule has 5 heteroatoms. The Morgan fingerprint density at radius 3 is 2.48 bits per heavy atom. The number of rotatable bonds is 3. The summed E-state index contributed by atoms with van der Waals surface area (Å²) in [5.74, 6) is -0.440. The molecule has 1 aliphatic heterocycles. The Hall–Kier alpha value is -2.69. The van der Waals surface area contributed by atoms with E-state index in [9.17, 15) is 13.6 Å². The molecular weight excluding hydrogens is 302 g/mol. The van der Waals surface area contributed by atoms with Crippen molar-refractivity contribution in [1.82, 2.24) is 0 Å². The Morgan fingerprint density at radius 2 is 1.83 bits per heavy atom. The third-order valence-corrected chi connectivity index (χ3v) is 3.51. The summed E-state index contributed by atoms with van der Waals surface area (Å²) >= 11 is 0. The Balaban J connectivity index is 1.81. The zero-order valence-electron chi connectivity index (χ0n) is 12.7. The second-order valence-corrected chi connectivity index (χ2v) is 5.41. The minimum Gasteiger partial charge on any atom is -0.489 e. The third-order valence-electron chi connectivity index (χ3n) is 3.51. The molecule has 2 aromatic carbocycles. The number of halogens is 2. The lowest BCUT2D eigenvalue weighted by Crippen LogP contribution is -2.02. The van der Waals surface area contributed by atoms with E-state index in [1.807, 2.05) is 0 Å². The van der Waals surface area contributed by atoms with E-state index in [4.69, 9.17) is 9.47 Å². The number of carbonyl (C=O) groups excluding carboxylic acids is 1. The van der Waals surface area contributed by atoms with Crippen molar-refractivity contribution in [3.05, 3.63) is 70.5 Å². The van der Waals surface area contributed by atoms with Crippen LogP contribution in [0, 0.1) is 11.6 Å². The van der Waals surface area contributed by atoms with Crippen molar-refractivity contribution in [1.29, 1.82) is 0 Å². The van der Waals surface area contributed by atoms with Gasteiger partial charge in [-0.3, -0.25) is 4.79 Å². The molecule has 0 N–H and O–H groups in total. The maximum absolute atomic E-state index is 13.6. The van der Waals surface area contributed by atoms with Crippen LogP contribution in [0.5, 0.6) is 11.5 Å². The molecule has 0 saturated carbocycles. The van der Waals surface area contributed by atoms with Crippen LogP contribution in [-0.2, 0) is 6.61 Å². The summed E-state index contributed by atoms with van der Waals surface area (Å²) in [5.41, 5.74) is 1.09. The second kappa shape index (κ2) is 5.83. The molecule has 0 spiro atoms. The van der Waals surface area contributed by atoms with Crippen LogP contribution in [0.2, 0.25) is 0 Å². The van der Waals surface area contributed by atoms with Crippen LogP contribution in [0.3, 0.4) is 0 Å². The first-order valence-electron chi connectivity index (χ1n) is 7.07. The van der Waals surface area contributed by atoms with Crippen molar-refractivity contribution in [2.45, 2.75) is 20.5 Å².